The van der Waals surface area contributed by atoms with Crippen molar-refractivity contribution in [1.29, 1.82) is 5.26 Å². The molecule has 9 nitrogen and oxygen atoms in total. The molecule has 3 N–H and O–H groups in total. The molecule has 8 rings (SSSR count). The molecule has 3 unspecified atom stereocenters. The Hall–Kier alpha value is -3.00. The summed E-state index contributed by atoms with van der Waals surface area (Å²) < 4.78 is 30.4. The fraction of sp³-hybridized carbons (Fsp3) is 0.750. The predicted octanol–water partition coefficient (Wildman–Crippen LogP) is 10.2. The molecule has 1 aromatic rings. The molecule has 5 fully saturated rings. The highest BCUT2D eigenvalue weighted by molar-refractivity contribution is 7.91. The van der Waals surface area contributed by atoms with Gasteiger partial charge >= 0.3 is 5.97 Å². The smallest absolute Gasteiger partial charge is 0.313 e. The van der Waals surface area contributed by atoms with Crippen molar-refractivity contribution in [2.75, 3.05) is 19.4 Å². The molecule has 0 spiro atoms. The van der Waals surface area contributed by atoms with E-state index in [1.807, 2.05) is 0 Å². The SMILES string of the molecule is C=C(C)[C@@H]1CC[C@]2(NCC[C@]3(O)CC[C@@H](S(C)(=O)=O)CC3)CC[C@]3(C)[C@H](CCC4[C@@]5(C)CC=C(C6=CC[C@@](COc7ncccc7C#N)(C(=O)O)CC6)C(C)(C)C5CC[C@]43C)C12. The summed E-state index contributed by atoms with van der Waals surface area (Å²) >= 11 is 0. The van der Waals surface area contributed by atoms with Crippen molar-refractivity contribution < 1.29 is 28.2 Å². The van der Waals surface area contributed by atoms with Gasteiger partial charge in [0.15, 0.2) is 0 Å². The van der Waals surface area contributed by atoms with E-state index < -0.39 is 26.8 Å². The van der Waals surface area contributed by atoms with Gasteiger partial charge in [0, 0.05) is 18.0 Å². The van der Waals surface area contributed by atoms with Gasteiger partial charge in [-0.05, 0) is 197 Å². The number of pyridine rings is 1. The number of allylic oxidation sites excluding steroid dienone is 5. The van der Waals surface area contributed by atoms with Crippen molar-refractivity contribution in [3.05, 3.63) is 59.3 Å². The number of fused-ring (bicyclic) bond motifs is 7. The van der Waals surface area contributed by atoms with Crippen molar-refractivity contribution in [3.8, 4) is 11.9 Å². The number of sulfone groups is 1. The average Bonchev–Trinajstić information content (AvgIpc) is 3.60. The zero-order valence-corrected chi connectivity index (χ0v) is 39.6. The van der Waals surface area contributed by atoms with Gasteiger partial charge in [0.1, 0.15) is 33.5 Å². The van der Waals surface area contributed by atoms with Crippen LogP contribution in [0.3, 0.4) is 0 Å². The van der Waals surface area contributed by atoms with E-state index in [0.717, 1.165) is 25.8 Å². The van der Waals surface area contributed by atoms with Gasteiger partial charge in [-0.25, -0.2) is 13.4 Å². The van der Waals surface area contributed by atoms with E-state index in [2.05, 4.69) is 76.6 Å². The second-order valence-electron chi connectivity index (χ2n) is 23.1. The normalized spacial score (nSPS) is 42.4. The largest absolute Gasteiger partial charge is 0.481 e. The molecule has 7 aliphatic carbocycles. The van der Waals surface area contributed by atoms with E-state index in [-0.39, 0.29) is 44.9 Å². The van der Waals surface area contributed by atoms with Gasteiger partial charge in [0.05, 0.1) is 10.9 Å². The summed E-state index contributed by atoms with van der Waals surface area (Å²) in [5.41, 5.74) is 3.02. The van der Waals surface area contributed by atoms with E-state index in [1.165, 1.54) is 61.5 Å². The van der Waals surface area contributed by atoms with Crippen molar-refractivity contribution in [1.82, 2.24) is 10.3 Å². The summed E-state index contributed by atoms with van der Waals surface area (Å²) in [7, 11) is -3.08. The Morgan fingerprint density at radius 3 is 2.34 bits per heavy atom. The number of carbonyl (C=O) groups is 1. The van der Waals surface area contributed by atoms with Crippen molar-refractivity contribution in [2.24, 2.45) is 56.7 Å². The van der Waals surface area contributed by atoms with E-state index in [9.17, 15) is 28.7 Å². The topological polar surface area (TPSA) is 150 Å². The van der Waals surface area contributed by atoms with E-state index in [4.69, 9.17) is 4.74 Å². The highest BCUT2D eigenvalue weighted by Crippen LogP contribution is 2.76. The molecule has 0 bridgehead atoms. The standard InChI is InChI=1S/C52H75N3O6S/c1-34(2)38-17-26-52(55-31-29-51(58)24-15-37(16-25-51)62(8,59)60)28-27-48(6)40(43(38)52)11-12-42-47(5)20-18-39(46(3,4)41(47)19-21-49(42,48)7)35-13-22-50(23-14-35,45(56)57)33-61-44-36(32-53)10-9-30-54-44/h9-10,13,18,30,37-38,40-43,55,58H,1,11-12,14-17,19-29,31,33H2,2-8H3,(H,56,57)/t37-,38-,40+,41?,42?,43?,47-,48+,49+,50+,51+,52-/m0/s1. The number of nitrogens with one attached hydrogen (secondary N) is 1. The third-order valence-corrected chi connectivity index (χ3v) is 21.7. The molecule has 0 aromatic carbocycles. The monoisotopic (exact) mass is 870 g/mol. The number of rotatable bonds is 11. The van der Waals surface area contributed by atoms with Crippen LogP contribution in [0.15, 0.2) is 53.8 Å². The number of aromatic nitrogens is 1. The van der Waals surface area contributed by atoms with Crippen LogP contribution in [-0.4, -0.2) is 65.4 Å². The molecule has 0 radical (unpaired) electrons. The number of hydrogen-bond donors (Lipinski definition) is 3. The Balaban J connectivity index is 0.998. The van der Waals surface area contributed by atoms with Gasteiger partial charge in [0.2, 0.25) is 5.88 Å². The minimum atomic E-state index is -3.08. The quantitative estimate of drug-likeness (QED) is 0.185. The molecule has 340 valence electrons. The average molecular weight is 870 g/mol. The molecular formula is C52H75N3O6S. The number of carboxylic acids is 1. The lowest BCUT2D eigenvalue weighted by atomic mass is 9.33. The highest BCUT2D eigenvalue weighted by atomic mass is 32.2. The molecule has 10 atom stereocenters. The molecule has 7 aliphatic rings. The third kappa shape index (κ3) is 7.25. The number of ether oxygens (including phenoxy) is 1. The number of nitriles is 1. The first-order valence-corrected chi connectivity index (χ1v) is 26.0. The summed E-state index contributed by atoms with van der Waals surface area (Å²) in [6.07, 6.45) is 22.7. The number of aliphatic carboxylic acids is 1. The van der Waals surface area contributed by atoms with Crippen molar-refractivity contribution in [2.45, 2.75) is 167 Å². The molecule has 1 heterocycles. The van der Waals surface area contributed by atoms with E-state index in [0.29, 0.717) is 86.5 Å². The molecule has 62 heavy (non-hydrogen) atoms. The zero-order valence-electron chi connectivity index (χ0n) is 38.8. The Morgan fingerprint density at radius 1 is 0.952 bits per heavy atom. The summed E-state index contributed by atoms with van der Waals surface area (Å²) in [4.78, 5) is 17.0. The lowest BCUT2D eigenvalue weighted by Crippen LogP contribution is -2.68. The van der Waals surface area contributed by atoms with Crippen LogP contribution in [0, 0.1) is 68.0 Å². The maximum Gasteiger partial charge on any atom is 0.313 e. The molecule has 0 amide bonds. The van der Waals surface area contributed by atoms with Crippen LogP contribution in [0.1, 0.15) is 156 Å². The molecule has 0 saturated heterocycles. The van der Waals surface area contributed by atoms with E-state index >= 15 is 0 Å². The number of aliphatic hydroxyl groups is 1. The van der Waals surface area contributed by atoms with Crippen LogP contribution in [0.5, 0.6) is 5.88 Å². The second-order valence-corrected chi connectivity index (χ2v) is 25.4. The highest BCUT2D eigenvalue weighted by Gasteiger charge is 2.70. The first kappa shape index (κ1) is 45.6. The summed E-state index contributed by atoms with van der Waals surface area (Å²) in [6, 6.07) is 5.42. The molecule has 5 saturated carbocycles. The van der Waals surface area contributed by atoms with Gasteiger partial charge < -0.3 is 20.3 Å². The molecule has 1 aromatic heterocycles. The van der Waals surface area contributed by atoms with Gasteiger partial charge in [-0.1, -0.05) is 58.9 Å². The van der Waals surface area contributed by atoms with Gasteiger partial charge in [-0.3, -0.25) is 4.79 Å². The van der Waals surface area contributed by atoms with Crippen LogP contribution < -0.4 is 10.1 Å². The first-order chi connectivity index (χ1) is 29.1. The van der Waals surface area contributed by atoms with E-state index in [1.54, 1.807) is 18.3 Å². The Morgan fingerprint density at radius 2 is 1.69 bits per heavy atom. The zero-order chi connectivity index (χ0) is 44.7. The fourth-order valence-corrected chi connectivity index (χ4v) is 17.4. The van der Waals surface area contributed by atoms with Crippen LogP contribution >= 0.6 is 0 Å². The third-order valence-electron chi connectivity index (χ3n) is 20.0. The van der Waals surface area contributed by atoms with Gasteiger partial charge in [-0.2, -0.15) is 5.26 Å². The minimum absolute atomic E-state index is 0.0230. The Bertz CT molecular complexity index is 2170. The second kappa shape index (κ2) is 15.9. The maximum absolute atomic E-state index is 12.8. The van der Waals surface area contributed by atoms with Crippen molar-refractivity contribution >= 4 is 15.8 Å². The van der Waals surface area contributed by atoms with Crippen LogP contribution in [0.25, 0.3) is 0 Å². The summed E-state index contributed by atoms with van der Waals surface area (Å²) in [5.74, 6) is 2.06. The van der Waals surface area contributed by atoms with Crippen LogP contribution in [0.4, 0.5) is 0 Å². The van der Waals surface area contributed by atoms with Crippen LogP contribution in [0.2, 0.25) is 0 Å². The van der Waals surface area contributed by atoms with Gasteiger partial charge in [0.25, 0.3) is 0 Å². The Kier molecular flexibility index (Phi) is 11.7. The van der Waals surface area contributed by atoms with Crippen LogP contribution in [-0.2, 0) is 14.6 Å². The number of hydrogen-bond acceptors (Lipinski definition) is 8. The lowest BCUT2D eigenvalue weighted by molar-refractivity contribution is -0.221. The fourth-order valence-electron chi connectivity index (χ4n) is 16.3. The summed E-state index contributed by atoms with van der Waals surface area (Å²) in [6.45, 7) is 20.5. The van der Waals surface area contributed by atoms with Crippen molar-refractivity contribution in [3.63, 3.8) is 0 Å². The predicted molar refractivity (Wildman–Crippen MR) is 244 cm³/mol. The molecule has 10 heteroatoms. The summed E-state index contributed by atoms with van der Waals surface area (Å²) in [5, 5.41) is 35.5. The first-order valence-electron chi connectivity index (χ1n) is 24.0. The number of nitrogens with zero attached hydrogens (tertiary/aromatic N) is 2. The number of carboxylic acid groups (broad SMARTS) is 1. The molecule has 0 aliphatic heterocycles. The molecular weight excluding hydrogens is 795 g/mol. The lowest BCUT2D eigenvalue weighted by Gasteiger charge is -2.72. The maximum atomic E-state index is 12.8. The minimum Gasteiger partial charge on any atom is -0.481 e. The van der Waals surface area contributed by atoms with Gasteiger partial charge in [-0.15, -0.1) is 0 Å². The Labute approximate surface area is 372 Å².